The van der Waals surface area contributed by atoms with Crippen LogP contribution >= 0.6 is 11.3 Å². The maximum Gasteiger partial charge on any atom is 0.261 e. The number of methoxy groups -OCH3 is 2. The van der Waals surface area contributed by atoms with Crippen molar-refractivity contribution in [3.63, 3.8) is 0 Å². The largest absolute Gasteiger partial charge is 0.480 e. The van der Waals surface area contributed by atoms with Gasteiger partial charge < -0.3 is 19.9 Å². The van der Waals surface area contributed by atoms with Crippen molar-refractivity contribution in [3.05, 3.63) is 46.4 Å². The molecule has 0 radical (unpaired) electrons. The molecule has 3 rings (SSSR count). The van der Waals surface area contributed by atoms with E-state index in [0.717, 1.165) is 16.6 Å². The molecule has 0 aliphatic rings. The molecule has 0 bridgehead atoms. The van der Waals surface area contributed by atoms with Crippen molar-refractivity contribution in [2.24, 2.45) is 5.92 Å². The van der Waals surface area contributed by atoms with Gasteiger partial charge in [-0.15, -0.1) is 11.3 Å². The lowest BCUT2D eigenvalue weighted by Gasteiger charge is -2.14. The molecule has 0 unspecified atom stereocenters. The Morgan fingerprint density at radius 1 is 1.31 bits per heavy atom. The molecule has 3 aromatic rings. The van der Waals surface area contributed by atoms with Gasteiger partial charge in [0, 0.05) is 38.1 Å². The topological polar surface area (TPSA) is 106 Å². The molecule has 1 atom stereocenters. The van der Waals surface area contributed by atoms with E-state index in [1.165, 1.54) is 11.3 Å². The Labute approximate surface area is 172 Å². The zero-order valence-corrected chi connectivity index (χ0v) is 17.5. The first-order valence-electron chi connectivity index (χ1n) is 9.19. The first kappa shape index (κ1) is 21.1. The van der Waals surface area contributed by atoms with Crippen LogP contribution in [0.4, 0.5) is 0 Å². The van der Waals surface area contributed by atoms with Crippen LogP contribution in [0.25, 0.3) is 10.2 Å². The summed E-state index contributed by atoms with van der Waals surface area (Å²) in [6.07, 6.45) is 2.30. The Bertz CT molecular complexity index is 978. The highest BCUT2D eigenvalue weighted by Crippen LogP contribution is 2.35. The van der Waals surface area contributed by atoms with E-state index in [1.54, 1.807) is 20.4 Å². The Morgan fingerprint density at radius 3 is 2.79 bits per heavy atom. The summed E-state index contributed by atoms with van der Waals surface area (Å²) in [5.41, 5.74) is 1.65. The number of rotatable bonds is 9. The van der Waals surface area contributed by atoms with Crippen LogP contribution in [0.2, 0.25) is 0 Å². The van der Waals surface area contributed by atoms with Gasteiger partial charge in [-0.1, -0.05) is 6.07 Å². The summed E-state index contributed by atoms with van der Waals surface area (Å²) < 4.78 is 10.5. The number of carbonyl (C=O) groups excluding carboxylic acids is 1. The second-order valence-electron chi connectivity index (χ2n) is 6.60. The molecule has 154 valence electrons. The Hall–Kier alpha value is -2.62. The van der Waals surface area contributed by atoms with Gasteiger partial charge in [-0.05, 0) is 31.0 Å². The summed E-state index contributed by atoms with van der Waals surface area (Å²) in [6.45, 7) is 2.42. The third-order valence-electron chi connectivity index (χ3n) is 4.51. The zero-order valence-electron chi connectivity index (χ0n) is 16.6. The van der Waals surface area contributed by atoms with Crippen molar-refractivity contribution in [2.75, 3.05) is 27.4 Å². The highest BCUT2D eigenvalue weighted by molar-refractivity contribution is 7.20. The second-order valence-corrected chi connectivity index (χ2v) is 7.60. The molecule has 0 saturated heterocycles. The number of ether oxygens (including phenoxy) is 2. The summed E-state index contributed by atoms with van der Waals surface area (Å²) in [5.74, 6) is 0.602. The highest BCUT2D eigenvalue weighted by Gasteiger charge is 2.22. The van der Waals surface area contributed by atoms with E-state index in [2.05, 4.69) is 20.3 Å². The molecule has 1 amide bonds. The number of aromatic nitrogens is 3. The summed E-state index contributed by atoms with van der Waals surface area (Å²) in [4.78, 5) is 27.1. The molecule has 0 aliphatic carbocycles. The van der Waals surface area contributed by atoms with Crippen LogP contribution < -0.4 is 10.1 Å². The predicted molar refractivity (Wildman–Crippen MR) is 110 cm³/mol. The average molecular weight is 417 g/mol. The number of amides is 1. The summed E-state index contributed by atoms with van der Waals surface area (Å²) in [7, 11) is 3.11. The van der Waals surface area contributed by atoms with E-state index in [9.17, 15) is 9.90 Å². The van der Waals surface area contributed by atoms with Gasteiger partial charge >= 0.3 is 0 Å². The number of pyridine rings is 1. The molecule has 0 aliphatic heterocycles. The van der Waals surface area contributed by atoms with E-state index in [1.807, 2.05) is 25.1 Å². The molecule has 0 aromatic carbocycles. The number of aryl methyl sites for hydroxylation is 1. The minimum Gasteiger partial charge on any atom is -0.480 e. The molecular formula is C20H24N4O4S. The highest BCUT2D eigenvalue weighted by atomic mass is 32.1. The van der Waals surface area contributed by atoms with Crippen LogP contribution in [0.15, 0.2) is 24.4 Å². The molecule has 29 heavy (non-hydrogen) atoms. The van der Waals surface area contributed by atoms with Gasteiger partial charge in [0.2, 0.25) is 5.88 Å². The smallest absolute Gasteiger partial charge is 0.261 e. The number of nitrogens with one attached hydrogen (secondary N) is 1. The minimum absolute atomic E-state index is 0.0398. The van der Waals surface area contributed by atoms with Crippen molar-refractivity contribution in [1.82, 2.24) is 20.3 Å². The Morgan fingerprint density at radius 2 is 2.14 bits per heavy atom. The lowest BCUT2D eigenvalue weighted by Crippen LogP contribution is -2.31. The Kier molecular flexibility index (Phi) is 7.08. The van der Waals surface area contributed by atoms with E-state index in [0.29, 0.717) is 34.4 Å². The number of carbonyl (C=O) groups is 1. The quantitative estimate of drug-likeness (QED) is 0.550. The van der Waals surface area contributed by atoms with Gasteiger partial charge in [0.15, 0.2) is 5.82 Å². The number of fused-ring (bicyclic) bond motifs is 1. The lowest BCUT2D eigenvalue weighted by atomic mass is 10.0. The minimum atomic E-state index is -0.208. The zero-order chi connectivity index (χ0) is 20.8. The van der Waals surface area contributed by atoms with Crippen molar-refractivity contribution < 1.29 is 19.4 Å². The molecule has 0 fully saturated rings. The van der Waals surface area contributed by atoms with Gasteiger partial charge in [0.1, 0.15) is 11.4 Å². The van der Waals surface area contributed by atoms with Crippen LogP contribution in [-0.2, 0) is 17.8 Å². The van der Waals surface area contributed by atoms with Crippen LogP contribution in [0.1, 0.15) is 26.8 Å². The van der Waals surface area contributed by atoms with Crippen LogP contribution in [0.5, 0.6) is 5.88 Å². The van der Waals surface area contributed by atoms with Crippen molar-refractivity contribution in [1.29, 1.82) is 0 Å². The molecule has 2 N–H and O–H groups in total. The van der Waals surface area contributed by atoms with Crippen molar-refractivity contribution >= 4 is 27.5 Å². The fourth-order valence-corrected chi connectivity index (χ4v) is 4.14. The number of nitrogens with zero attached hydrogens (tertiary/aromatic N) is 3. The number of aliphatic hydroxyl groups excluding tert-OH is 1. The van der Waals surface area contributed by atoms with Gasteiger partial charge in [-0.25, -0.2) is 4.98 Å². The van der Waals surface area contributed by atoms with Crippen LogP contribution in [0.3, 0.4) is 0 Å². The van der Waals surface area contributed by atoms with Crippen LogP contribution in [-0.4, -0.2) is 53.3 Å². The predicted octanol–water partition coefficient (Wildman–Crippen LogP) is 2.13. The maximum atomic E-state index is 12.8. The third-order valence-corrected chi connectivity index (χ3v) is 5.69. The summed E-state index contributed by atoms with van der Waals surface area (Å²) in [6, 6.07) is 5.66. The summed E-state index contributed by atoms with van der Waals surface area (Å²) >= 11 is 1.29. The number of thiophene rings is 1. The second kappa shape index (κ2) is 9.73. The molecule has 0 spiro atoms. The molecular weight excluding hydrogens is 392 g/mol. The monoisotopic (exact) mass is 416 g/mol. The fourth-order valence-electron chi connectivity index (χ4n) is 3.04. The normalized spacial score (nSPS) is 12.1. The van der Waals surface area contributed by atoms with E-state index in [4.69, 9.17) is 9.47 Å². The molecule has 3 heterocycles. The molecule has 8 nitrogen and oxygen atoms in total. The van der Waals surface area contributed by atoms with Crippen LogP contribution in [0, 0.1) is 12.8 Å². The SMILES string of the molecule is COCc1nc(OC)c2c(C)c(C(=O)NC[C@@H](CO)Cc3ccccn3)sc2n1. The first-order chi connectivity index (χ1) is 14.1. The van der Waals surface area contributed by atoms with Gasteiger partial charge in [0.05, 0.1) is 17.4 Å². The standard InChI is InChI=1S/C20H24N4O4S/c1-12-16-19(28-3)23-15(11-27-2)24-20(16)29-17(12)18(26)22-9-13(10-25)8-14-6-4-5-7-21-14/h4-7,13,25H,8-11H2,1-3H3,(H,22,26)/t13-/m0/s1. The molecule has 0 saturated carbocycles. The Balaban J connectivity index is 1.77. The molecule has 3 aromatic heterocycles. The maximum absolute atomic E-state index is 12.8. The first-order valence-corrected chi connectivity index (χ1v) is 10.0. The average Bonchev–Trinajstić information content (AvgIpc) is 3.07. The van der Waals surface area contributed by atoms with Gasteiger partial charge in [-0.2, -0.15) is 4.98 Å². The number of hydrogen-bond acceptors (Lipinski definition) is 8. The summed E-state index contributed by atoms with van der Waals surface area (Å²) in [5, 5.41) is 13.3. The van der Waals surface area contributed by atoms with E-state index in [-0.39, 0.29) is 25.0 Å². The molecule has 9 heteroatoms. The number of aliphatic hydroxyl groups is 1. The van der Waals surface area contributed by atoms with E-state index >= 15 is 0 Å². The van der Waals surface area contributed by atoms with Gasteiger partial charge in [-0.3, -0.25) is 9.78 Å². The lowest BCUT2D eigenvalue weighted by molar-refractivity contribution is 0.0943. The van der Waals surface area contributed by atoms with Crippen molar-refractivity contribution in [3.8, 4) is 5.88 Å². The van der Waals surface area contributed by atoms with E-state index < -0.39 is 0 Å². The third kappa shape index (κ3) is 4.87. The number of hydrogen-bond donors (Lipinski definition) is 2. The van der Waals surface area contributed by atoms with Crippen molar-refractivity contribution in [2.45, 2.75) is 20.0 Å². The van der Waals surface area contributed by atoms with Gasteiger partial charge in [0.25, 0.3) is 5.91 Å². The fraction of sp³-hybridized carbons (Fsp3) is 0.400.